The SMILES string of the molecule is COc1ccc(C[C@@H](NC(=O)CCC(=O)OCC(=O)[C@@]2(O)CC[C@H]3[C@@H]4CCC5=CC(=O)CC[C@]5(C)[C@H]4CC[C@@]32C)C(=O)O)cc1. The Balaban J connectivity index is 1.12. The van der Waals surface area contributed by atoms with Gasteiger partial charge in [0.2, 0.25) is 11.7 Å². The van der Waals surface area contributed by atoms with Crippen LogP contribution in [0.4, 0.5) is 0 Å². The van der Waals surface area contributed by atoms with E-state index < -0.39 is 47.3 Å². The summed E-state index contributed by atoms with van der Waals surface area (Å²) in [4.78, 5) is 62.3. The molecule has 5 rings (SSSR count). The second-order valence-electron chi connectivity index (χ2n) is 13.9. The number of Topliss-reactive ketones (excluding diaryl/α,β-unsaturated/α-hetero) is 1. The molecule has 4 aliphatic rings. The molecule has 0 spiro atoms. The molecule has 1 amide bonds. The molecule has 3 N–H and O–H groups in total. The van der Waals surface area contributed by atoms with Crippen LogP contribution in [0.15, 0.2) is 35.9 Å². The van der Waals surface area contributed by atoms with Crippen molar-refractivity contribution in [2.45, 2.75) is 96.1 Å². The van der Waals surface area contributed by atoms with Crippen LogP contribution in [0.2, 0.25) is 0 Å². The number of nitrogens with one attached hydrogen (secondary N) is 1. The van der Waals surface area contributed by atoms with Crippen LogP contribution in [-0.4, -0.2) is 65.0 Å². The van der Waals surface area contributed by atoms with E-state index in [2.05, 4.69) is 12.2 Å². The molecule has 1 aromatic rings. The number of amides is 1. The first-order chi connectivity index (χ1) is 21.3. The molecule has 7 atom stereocenters. The number of hydrogen-bond donors (Lipinski definition) is 3. The maximum absolute atomic E-state index is 13.5. The highest BCUT2D eigenvalue weighted by Crippen LogP contribution is 2.67. The van der Waals surface area contributed by atoms with Gasteiger partial charge in [-0.2, -0.15) is 0 Å². The highest BCUT2D eigenvalue weighted by atomic mass is 16.5. The van der Waals surface area contributed by atoms with E-state index in [1.807, 2.05) is 13.0 Å². The van der Waals surface area contributed by atoms with Gasteiger partial charge in [-0.05, 0) is 91.9 Å². The molecule has 0 radical (unpaired) electrons. The number of rotatable bonds is 11. The number of ketones is 2. The van der Waals surface area contributed by atoms with Crippen LogP contribution < -0.4 is 10.1 Å². The number of esters is 1. The molecule has 4 aliphatic carbocycles. The number of carbonyl (C=O) groups excluding carboxylic acids is 4. The summed E-state index contributed by atoms with van der Waals surface area (Å²) >= 11 is 0. The lowest BCUT2D eigenvalue weighted by atomic mass is 9.46. The van der Waals surface area contributed by atoms with Gasteiger partial charge in [0.1, 0.15) is 17.4 Å². The maximum atomic E-state index is 13.5. The van der Waals surface area contributed by atoms with Gasteiger partial charge in [0.05, 0.1) is 13.5 Å². The van der Waals surface area contributed by atoms with Crippen molar-refractivity contribution in [1.29, 1.82) is 0 Å². The largest absolute Gasteiger partial charge is 0.497 e. The quantitative estimate of drug-likeness (QED) is 0.311. The van der Waals surface area contributed by atoms with E-state index in [9.17, 15) is 34.2 Å². The third kappa shape index (κ3) is 6.18. The van der Waals surface area contributed by atoms with Gasteiger partial charge in [-0.3, -0.25) is 19.2 Å². The molecule has 10 nitrogen and oxygen atoms in total. The molecule has 3 saturated carbocycles. The van der Waals surface area contributed by atoms with Crippen molar-refractivity contribution in [2.75, 3.05) is 13.7 Å². The zero-order valence-electron chi connectivity index (χ0n) is 26.4. The third-order valence-corrected chi connectivity index (χ3v) is 11.7. The van der Waals surface area contributed by atoms with Gasteiger partial charge in [0, 0.05) is 24.7 Å². The van der Waals surface area contributed by atoms with Crippen molar-refractivity contribution in [3.63, 3.8) is 0 Å². The molecular formula is C35H45NO9. The van der Waals surface area contributed by atoms with Crippen LogP contribution in [-0.2, 0) is 35.1 Å². The smallest absolute Gasteiger partial charge is 0.326 e. The Labute approximate surface area is 263 Å². The number of carboxylic acid groups (broad SMARTS) is 1. The number of carbonyl (C=O) groups is 5. The summed E-state index contributed by atoms with van der Waals surface area (Å²) in [6.07, 6.45) is 7.17. The average molecular weight is 624 g/mol. The van der Waals surface area contributed by atoms with E-state index in [1.54, 1.807) is 24.3 Å². The minimum absolute atomic E-state index is 0.00907. The summed E-state index contributed by atoms with van der Waals surface area (Å²) in [6.45, 7) is 3.72. The van der Waals surface area contributed by atoms with Gasteiger partial charge in [-0.15, -0.1) is 0 Å². The number of aliphatic hydroxyl groups is 1. The fourth-order valence-corrected chi connectivity index (χ4v) is 9.05. The Morgan fingerprint density at radius 2 is 1.69 bits per heavy atom. The van der Waals surface area contributed by atoms with Crippen LogP contribution in [0.1, 0.15) is 83.6 Å². The molecular weight excluding hydrogens is 578 g/mol. The van der Waals surface area contributed by atoms with Gasteiger partial charge in [-0.1, -0.05) is 31.6 Å². The highest BCUT2D eigenvalue weighted by Gasteiger charge is 2.66. The molecule has 0 bridgehead atoms. The minimum atomic E-state index is -1.60. The predicted molar refractivity (Wildman–Crippen MR) is 163 cm³/mol. The second kappa shape index (κ2) is 12.7. The maximum Gasteiger partial charge on any atom is 0.326 e. The molecule has 10 heteroatoms. The van der Waals surface area contributed by atoms with Crippen molar-refractivity contribution >= 4 is 29.4 Å². The number of benzene rings is 1. The summed E-state index contributed by atoms with van der Waals surface area (Å²) < 4.78 is 10.3. The zero-order chi connectivity index (χ0) is 32.6. The fraction of sp³-hybridized carbons (Fsp3) is 0.629. The Morgan fingerprint density at radius 3 is 2.38 bits per heavy atom. The normalized spacial score (nSPS) is 32.7. The Hall–Kier alpha value is -3.53. The van der Waals surface area contributed by atoms with Gasteiger partial charge < -0.3 is 25.0 Å². The van der Waals surface area contributed by atoms with E-state index in [-0.39, 0.29) is 36.4 Å². The summed E-state index contributed by atoms with van der Waals surface area (Å²) in [6, 6.07) is 5.64. The third-order valence-electron chi connectivity index (χ3n) is 11.7. The molecule has 244 valence electrons. The van der Waals surface area contributed by atoms with Crippen molar-refractivity contribution < 1.29 is 43.7 Å². The molecule has 3 fully saturated rings. The molecule has 0 unspecified atom stereocenters. The lowest BCUT2D eigenvalue weighted by Gasteiger charge is -2.58. The first-order valence-electron chi connectivity index (χ1n) is 16.1. The van der Waals surface area contributed by atoms with Crippen LogP contribution in [0.3, 0.4) is 0 Å². The monoisotopic (exact) mass is 623 g/mol. The molecule has 0 aliphatic heterocycles. The number of allylic oxidation sites excluding steroid dienone is 1. The number of ether oxygens (including phenoxy) is 2. The summed E-state index contributed by atoms with van der Waals surface area (Å²) in [5.74, 6) is -1.31. The van der Waals surface area contributed by atoms with E-state index in [4.69, 9.17) is 9.47 Å². The van der Waals surface area contributed by atoms with E-state index >= 15 is 0 Å². The highest BCUT2D eigenvalue weighted by molar-refractivity contribution is 5.92. The van der Waals surface area contributed by atoms with Crippen LogP contribution in [0.5, 0.6) is 5.75 Å². The van der Waals surface area contributed by atoms with Crippen molar-refractivity contribution in [1.82, 2.24) is 5.32 Å². The lowest BCUT2D eigenvalue weighted by molar-refractivity contribution is -0.170. The first-order valence-corrected chi connectivity index (χ1v) is 16.1. The van der Waals surface area contributed by atoms with Gasteiger partial charge >= 0.3 is 11.9 Å². The van der Waals surface area contributed by atoms with E-state index in [1.165, 1.54) is 12.7 Å². The second-order valence-corrected chi connectivity index (χ2v) is 13.9. The molecule has 0 aromatic heterocycles. The molecule has 1 aromatic carbocycles. The molecule has 0 saturated heterocycles. The topological polar surface area (TPSA) is 156 Å². The standard InChI is InChI=1S/C35H45NO9/c1-33-15-12-23(37)19-22(33)6-9-25-26(33)13-16-34(2)27(25)14-17-35(34,43)29(38)20-45-31(40)11-10-30(39)36-28(32(41)42)18-21-4-7-24(44-3)8-5-21/h4-5,7-8,19,25-28,43H,6,9-18,20H2,1-3H3,(H,36,39)(H,41,42)/t25-,26+,27+,28-,33+,34+,35+/m1/s1. The van der Waals surface area contributed by atoms with Gasteiger partial charge in [0.25, 0.3) is 0 Å². The van der Waals surface area contributed by atoms with Crippen molar-refractivity contribution in [2.24, 2.45) is 28.6 Å². The number of aliphatic carboxylic acids is 1. The summed E-state index contributed by atoms with van der Waals surface area (Å²) in [7, 11) is 1.53. The number of carboxylic acids is 1. The summed E-state index contributed by atoms with van der Waals surface area (Å²) in [5.41, 5.74) is -0.277. The van der Waals surface area contributed by atoms with Crippen molar-refractivity contribution in [3.05, 3.63) is 41.5 Å². The Morgan fingerprint density at radius 1 is 0.978 bits per heavy atom. The molecule has 45 heavy (non-hydrogen) atoms. The average Bonchev–Trinajstić information content (AvgIpc) is 3.30. The van der Waals surface area contributed by atoms with Crippen LogP contribution in [0, 0.1) is 28.6 Å². The fourth-order valence-electron chi connectivity index (χ4n) is 9.05. The summed E-state index contributed by atoms with van der Waals surface area (Å²) in [5, 5.41) is 23.9. The van der Waals surface area contributed by atoms with Gasteiger partial charge in [0.15, 0.2) is 12.4 Å². The molecule has 0 heterocycles. The van der Waals surface area contributed by atoms with E-state index in [0.29, 0.717) is 42.4 Å². The van der Waals surface area contributed by atoms with Crippen molar-refractivity contribution in [3.8, 4) is 5.75 Å². The number of fused-ring (bicyclic) bond motifs is 5. The first kappa shape index (κ1) is 32.9. The Kier molecular flexibility index (Phi) is 9.27. The van der Waals surface area contributed by atoms with Crippen LogP contribution in [0.25, 0.3) is 0 Å². The predicted octanol–water partition coefficient (Wildman–Crippen LogP) is 3.96. The Bertz CT molecular complexity index is 1390. The lowest BCUT2D eigenvalue weighted by Crippen LogP contribution is -2.58. The van der Waals surface area contributed by atoms with E-state index in [0.717, 1.165) is 32.1 Å². The zero-order valence-corrected chi connectivity index (χ0v) is 26.4. The van der Waals surface area contributed by atoms with Gasteiger partial charge in [-0.25, -0.2) is 4.79 Å². The number of methoxy groups -OCH3 is 1. The van der Waals surface area contributed by atoms with Crippen LogP contribution >= 0.6 is 0 Å². The minimum Gasteiger partial charge on any atom is -0.497 e. The number of hydrogen-bond acceptors (Lipinski definition) is 8.